The third kappa shape index (κ3) is 3.32. The van der Waals surface area contributed by atoms with Gasteiger partial charge in [-0.2, -0.15) is 0 Å². The van der Waals surface area contributed by atoms with Gasteiger partial charge < -0.3 is 10.1 Å². The highest BCUT2D eigenvalue weighted by atomic mass is 16.5. The highest BCUT2D eigenvalue weighted by molar-refractivity contribution is 5.96. The summed E-state index contributed by atoms with van der Waals surface area (Å²) >= 11 is 0. The maximum Gasteiger partial charge on any atom is 0.328 e. The largest absolute Gasteiger partial charge is 0.467 e. The maximum atomic E-state index is 12.0. The van der Waals surface area contributed by atoms with Crippen molar-refractivity contribution in [3.05, 3.63) is 35.9 Å². The molecule has 0 unspecified atom stereocenters. The Morgan fingerprint density at radius 2 is 2.00 bits per heavy atom. The first-order chi connectivity index (χ1) is 8.70. The van der Waals surface area contributed by atoms with E-state index in [2.05, 4.69) is 5.32 Å². The minimum absolute atomic E-state index is 0.230. The molecule has 1 fully saturated rings. The van der Waals surface area contributed by atoms with Gasteiger partial charge in [0.1, 0.15) is 6.04 Å². The SMILES string of the molecule is COC(=O)[C@H](CC1CC1)NC(=O)c1ccccc1. The second kappa shape index (κ2) is 5.67. The molecular formula is C14H17NO3. The lowest BCUT2D eigenvalue weighted by atomic mass is 10.1. The monoisotopic (exact) mass is 247 g/mol. The Kier molecular flexibility index (Phi) is 3.97. The van der Waals surface area contributed by atoms with Crippen molar-refractivity contribution in [2.75, 3.05) is 7.11 Å². The van der Waals surface area contributed by atoms with Crippen molar-refractivity contribution in [3.8, 4) is 0 Å². The summed E-state index contributed by atoms with van der Waals surface area (Å²) in [4.78, 5) is 23.6. The Hall–Kier alpha value is -1.84. The molecule has 2 rings (SSSR count). The smallest absolute Gasteiger partial charge is 0.328 e. The summed E-state index contributed by atoms with van der Waals surface area (Å²) in [7, 11) is 1.34. The molecule has 1 saturated carbocycles. The minimum Gasteiger partial charge on any atom is -0.467 e. The Morgan fingerprint density at radius 1 is 1.33 bits per heavy atom. The fourth-order valence-electron chi connectivity index (χ4n) is 1.87. The second-order valence-electron chi connectivity index (χ2n) is 4.59. The van der Waals surface area contributed by atoms with Gasteiger partial charge in [0.25, 0.3) is 5.91 Å². The van der Waals surface area contributed by atoms with E-state index in [1.165, 1.54) is 7.11 Å². The first-order valence-electron chi connectivity index (χ1n) is 6.14. The molecule has 4 nitrogen and oxygen atoms in total. The zero-order valence-electron chi connectivity index (χ0n) is 10.4. The van der Waals surface area contributed by atoms with Gasteiger partial charge in [-0.15, -0.1) is 0 Å². The van der Waals surface area contributed by atoms with Gasteiger partial charge in [-0.05, 0) is 24.5 Å². The number of ether oxygens (including phenoxy) is 1. The standard InChI is InChI=1S/C14H17NO3/c1-18-14(17)12(9-10-7-8-10)15-13(16)11-5-3-2-4-6-11/h2-6,10,12H,7-9H2,1H3,(H,15,16)/t12-/m0/s1. The van der Waals surface area contributed by atoms with Crippen LogP contribution in [0.25, 0.3) is 0 Å². The predicted molar refractivity (Wildman–Crippen MR) is 67.1 cm³/mol. The topological polar surface area (TPSA) is 55.4 Å². The van der Waals surface area contributed by atoms with Crippen molar-refractivity contribution in [3.63, 3.8) is 0 Å². The first-order valence-corrected chi connectivity index (χ1v) is 6.14. The third-order valence-electron chi connectivity index (χ3n) is 3.09. The van der Waals surface area contributed by atoms with Crippen LogP contribution >= 0.6 is 0 Å². The fraction of sp³-hybridized carbons (Fsp3) is 0.429. The van der Waals surface area contributed by atoms with Crippen molar-refractivity contribution < 1.29 is 14.3 Å². The molecule has 0 spiro atoms. The van der Waals surface area contributed by atoms with Gasteiger partial charge in [-0.1, -0.05) is 31.0 Å². The van der Waals surface area contributed by atoms with Gasteiger partial charge in [0.15, 0.2) is 0 Å². The third-order valence-corrected chi connectivity index (χ3v) is 3.09. The number of carbonyl (C=O) groups is 2. The number of rotatable bonds is 5. The molecule has 1 aromatic carbocycles. The van der Waals surface area contributed by atoms with E-state index in [1.807, 2.05) is 6.07 Å². The number of hydrogen-bond donors (Lipinski definition) is 1. The van der Waals surface area contributed by atoms with Crippen LogP contribution in [-0.4, -0.2) is 25.0 Å². The maximum absolute atomic E-state index is 12.0. The molecule has 0 heterocycles. The number of methoxy groups -OCH3 is 1. The Bertz CT molecular complexity index is 426. The lowest BCUT2D eigenvalue weighted by Gasteiger charge is -2.16. The molecule has 4 heteroatoms. The molecule has 1 amide bonds. The minimum atomic E-state index is -0.532. The highest BCUT2D eigenvalue weighted by Gasteiger charge is 2.31. The van der Waals surface area contributed by atoms with Gasteiger partial charge >= 0.3 is 5.97 Å². The van der Waals surface area contributed by atoms with E-state index in [4.69, 9.17) is 4.74 Å². The van der Waals surface area contributed by atoms with Crippen LogP contribution in [0.2, 0.25) is 0 Å². The van der Waals surface area contributed by atoms with Crippen LogP contribution in [0, 0.1) is 5.92 Å². The first kappa shape index (κ1) is 12.6. The molecule has 1 aromatic rings. The van der Waals surface area contributed by atoms with Gasteiger partial charge in [0.05, 0.1) is 7.11 Å². The van der Waals surface area contributed by atoms with Gasteiger partial charge in [-0.3, -0.25) is 4.79 Å². The van der Waals surface area contributed by atoms with E-state index in [0.29, 0.717) is 17.9 Å². The zero-order chi connectivity index (χ0) is 13.0. The van der Waals surface area contributed by atoms with E-state index >= 15 is 0 Å². The molecule has 96 valence electrons. The summed E-state index contributed by atoms with van der Waals surface area (Å²) in [5.41, 5.74) is 0.558. The molecule has 0 aromatic heterocycles. The van der Waals surface area contributed by atoms with Gasteiger partial charge in [0.2, 0.25) is 0 Å². The molecule has 0 radical (unpaired) electrons. The van der Waals surface area contributed by atoms with Crippen LogP contribution in [0.4, 0.5) is 0 Å². The van der Waals surface area contributed by atoms with Crippen LogP contribution in [0.15, 0.2) is 30.3 Å². The van der Waals surface area contributed by atoms with E-state index in [9.17, 15) is 9.59 Å². The van der Waals surface area contributed by atoms with Crippen LogP contribution < -0.4 is 5.32 Å². The highest BCUT2D eigenvalue weighted by Crippen LogP contribution is 2.33. The van der Waals surface area contributed by atoms with Gasteiger partial charge in [0, 0.05) is 5.56 Å². The fourth-order valence-corrected chi connectivity index (χ4v) is 1.87. The summed E-state index contributed by atoms with van der Waals surface area (Å²) in [6.07, 6.45) is 2.94. The summed E-state index contributed by atoms with van der Waals surface area (Å²) < 4.78 is 4.72. The van der Waals surface area contributed by atoms with E-state index in [0.717, 1.165) is 12.8 Å². The van der Waals surface area contributed by atoms with Crippen LogP contribution in [0.1, 0.15) is 29.6 Å². The lowest BCUT2D eigenvalue weighted by Crippen LogP contribution is -2.41. The summed E-state index contributed by atoms with van der Waals surface area (Å²) in [6.45, 7) is 0. The van der Waals surface area contributed by atoms with Crippen LogP contribution in [-0.2, 0) is 9.53 Å². The number of amides is 1. The average Bonchev–Trinajstić information content (AvgIpc) is 3.22. The molecule has 0 saturated heterocycles. The van der Waals surface area contributed by atoms with E-state index in [-0.39, 0.29) is 11.9 Å². The Labute approximate surface area is 106 Å². The van der Waals surface area contributed by atoms with E-state index < -0.39 is 6.04 Å². The van der Waals surface area contributed by atoms with Gasteiger partial charge in [-0.25, -0.2) is 4.79 Å². The predicted octanol–water partition coefficient (Wildman–Crippen LogP) is 1.76. The molecule has 1 N–H and O–H groups in total. The molecular weight excluding hydrogens is 230 g/mol. The molecule has 1 aliphatic carbocycles. The van der Waals surface area contributed by atoms with Crippen LogP contribution in [0.5, 0.6) is 0 Å². The quantitative estimate of drug-likeness (QED) is 0.807. The second-order valence-corrected chi connectivity index (χ2v) is 4.59. The van der Waals surface area contributed by atoms with Crippen molar-refractivity contribution >= 4 is 11.9 Å². The average molecular weight is 247 g/mol. The molecule has 0 aliphatic heterocycles. The molecule has 1 aliphatic rings. The number of hydrogen-bond acceptors (Lipinski definition) is 3. The zero-order valence-corrected chi connectivity index (χ0v) is 10.4. The van der Waals surface area contributed by atoms with Crippen molar-refractivity contribution in [1.82, 2.24) is 5.32 Å². The van der Waals surface area contributed by atoms with Crippen molar-refractivity contribution in [2.45, 2.75) is 25.3 Å². The summed E-state index contributed by atoms with van der Waals surface area (Å²) in [6, 6.07) is 8.35. The number of benzene rings is 1. The van der Waals surface area contributed by atoms with Crippen LogP contribution in [0.3, 0.4) is 0 Å². The molecule has 0 bridgehead atoms. The Morgan fingerprint density at radius 3 is 2.56 bits per heavy atom. The Balaban J connectivity index is 1.99. The van der Waals surface area contributed by atoms with Crippen molar-refractivity contribution in [1.29, 1.82) is 0 Å². The normalized spacial score (nSPS) is 15.8. The number of nitrogens with one attached hydrogen (secondary N) is 1. The molecule has 1 atom stereocenters. The molecule has 18 heavy (non-hydrogen) atoms. The lowest BCUT2D eigenvalue weighted by molar-refractivity contribution is -0.143. The summed E-state index contributed by atoms with van der Waals surface area (Å²) in [5, 5.41) is 2.74. The van der Waals surface area contributed by atoms with Crippen molar-refractivity contribution in [2.24, 2.45) is 5.92 Å². The summed E-state index contributed by atoms with van der Waals surface area (Å²) in [5.74, 6) is -0.0528. The number of esters is 1. The van der Waals surface area contributed by atoms with E-state index in [1.54, 1.807) is 24.3 Å². The number of carbonyl (C=O) groups excluding carboxylic acids is 2.